The van der Waals surface area contributed by atoms with Crippen molar-refractivity contribution in [1.29, 1.82) is 0 Å². The summed E-state index contributed by atoms with van der Waals surface area (Å²) < 4.78 is 0. The van der Waals surface area contributed by atoms with Gasteiger partial charge in [-0.05, 0) is 30.9 Å². The van der Waals surface area contributed by atoms with Crippen LogP contribution >= 0.6 is 11.8 Å². The highest BCUT2D eigenvalue weighted by atomic mass is 32.2. The molecule has 0 radical (unpaired) electrons. The third kappa shape index (κ3) is 4.03. The van der Waals surface area contributed by atoms with Gasteiger partial charge in [0.05, 0.1) is 5.92 Å². The monoisotopic (exact) mass is 286 g/mol. The maximum absolute atomic E-state index is 12.0. The Labute approximate surface area is 118 Å². The van der Waals surface area contributed by atoms with Crippen LogP contribution in [0.2, 0.25) is 0 Å². The summed E-state index contributed by atoms with van der Waals surface area (Å²) in [5.74, 6) is 1.22. The Morgan fingerprint density at radius 2 is 2.05 bits per heavy atom. The average Bonchev–Trinajstić information content (AvgIpc) is 2.69. The van der Waals surface area contributed by atoms with Crippen LogP contribution in [0.15, 0.2) is 0 Å². The van der Waals surface area contributed by atoms with Gasteiger partial charge in [0.2, 0.25) is 0 Å². The molecule has 2 unspecified atom stereocenters. The Hall–Kier alpha value is -0.910. The van der Waals surface area contributed by atoms with Gasteiger partial charge in [-0.25, -0.2) is 4.79 Å². The van der Waals surface area contributed by atoms with E-state index in [4.69, 9.17) is 5.11 Å². The van der Waals surface area contributed by atoms with E-state index in [-0.39, 0.29) is 17.9 Å². The maximum Gasteiger partial charge on any atom is 0.317 e. The fourth-order valence-corrected chi connectivity index (χ4v) is 3.77. The van der Waals surface area contributed by atoms with E-state index in [0.717, 1.165) is 50.3 Å². The number of nitrogens with zero attached hydrogens (tertiary/aromatic N) is 1. The van der Waals surface area contributed by atoms with E-state index in [1.807, 2.05) is 16.7 Å². The van der Waals surface area contributed by atoms with Crippen LogP contribution in [0.5, 0.6) is 0 Å². The van der Waals surface area contributed by atoms with Gasteiger partial charge in [-0.15, -0.1) is 0 Å². The first-order chi connectivity index (χ1) is 9.18. The van der Waals surface area contributed by atoms with Crippen molar-refractivity contribution in [2.24, 2.45) is 11.8 Å². The molecule has 1 aliphatic heterocycles. The molecule has 6 heteroatoms. The maximum atomic E-state index is 12.0. The molecule has 1 saturated carbocycles. The van der Waals surface area contributed by atoms with E-state index in [9.17, 15) is 9.59 Å². The van der Waals surface area contributed by atoms with Crippen molar-refractivity contribution >= 4 is 23.8 Å². The summed E-state index contributed by atoms with van der Waals surface area (Å²) in [6, 6.07) is -0.0291. The standard InChI is InChI=1S/C13H22N2O3S/c16-12(17)11-4-1-3-10(11)9-14-13(18)15-5-2-7-19-8-6-15/h10-11H,1-9H2,(H,14,18)(H,16,17). The Bertz CT molecular complexity index is 330. The number of thioether (sulfide) groups is 1. The fraction of sp³-hybridized carbons (Fsp3) is 0.846. The number of hydrogen-bond acceptors (Lipinski definition) is 3. The topological polar surface area (TPSA) is 69.6 Å². The normalized spacial score (nSPS) is 27.9. The minimum absolute atomic E-state index is 0.0291. The molecule has 108 valence electrons. The zero-order chi connectivity index (χ0) is 13.7. The number of carbonyl (C=O) groups excluding carboxylic acids is 1. The zero-order valence-electron chi connectivity index (χ0n) is 11.1. The van der Waals surface area contributed by atoms with Crippen molar-refractivity contribution in [1.82, 2.24) is 10.2 Å². The Morgan fingerprint density at radius 3 is 2.84 bits per heavy atom. The molecule has 2 N–H and O–H groups in total. The lowest BCUT2D eigenvalue weighted by Crippen LogP contribution is -2.43. The summed E-state index contributed by atoms with van der Waals surface area (Å²) in [5.41, 5.74) is 0. The first kappa shape index (κ1) is 14.5. The van der Waals surface area contributed by atoms with Gasteiger partial charge in [0.15, 0.2) is 0 Å². The molecule has 0 aromatic heterocycles. The number of carboxylic acids is 1. The molecular weight excluding hydrogens is 264 g/mol. The molecular formula is C13H22N2O3S. The first-order valence-corrected chi connectivity index (χ1v) is 8.17. The molecule has 0 spiro atoms. The van der Waals surface area contributed by atoms with Crippen LogP contribution in [0.3, 0.4) is 0 Å². The fourth-order valence-electron chi connectivity index (χ4n) is 2.89. The van der Waals surface area contributed by atoms with Gasteiger partial charge in [0.1, 0.15) is 0 Å². The van der Waals surface area contributed by atoms with Crippen LogP contribution in [-0.4, -0.2) is 53.1 Å². The van der Waals surface area contributed by atoms with Gasteiger partial charge in [-0.2, -0.15) is 11.8 Å². The van der Waals surface area contributed by atoms with Crippen LogP contribution in [-0.2, 0) is 4.79 Å². The van der Waals surface area contributed by atoms with Crippen molar-refractivity contribution in [2.75, 3.05) is 31.1 Å². The molecule has 0 bridgehead atoms. The Balaban J connectivity index is 1.77. The van der Waals surface area contributed by atoms with Crippen LogP contribution in [0.1, 0.15) is 25.7 Å². The van der Waals surface area contributed by atoms with Crippen LogP contribution in [0.25, 0.3) is 0 Å². The van der Waals surface area contributed by atoms with Crippen LogP contribution in [0.4, 0.5) is 4.79 Å². The first-order valence-electron chi connectivity index (χ1n) is 7.02. The highest BCUT2D eigenvalue weighted by Crippen LogP contribution is 2.31. The Kier molecular flexibility index (Phi) is 5.36. The molecule has 2 atom stereocenters. The van der Waals surface area contributed by atoms with Gasteiger partial charge in [0.25, 0.3) is 0 Å². The van der Waals surface area contributed by atoms with Crippen molar-refractivity contribution < 1.29 is 14.7 Å². The van der Waals surface area contributed by atoms with E-state index >= 15 is 0 Å². The van der Waals surface area contributed by atoms with Crippen molar-refractivity contribution in [3.8, 4) is 0 Å². The quantitative estimate of drug-likeness (QED) is 0.827. The minimum Gasteiger partial charge on any atom is -0.481 e. The lowest BCUT2D eigenvalue weighted by Gasteiger charge is -2.23. The molecule has 1 saturated heterocycles. The number of nitrogens with one attached hydrogen (secondary N) is 1. The van der Waals surface area contributed by atoms with Crippen LogP contribution < -0.4 is 5.32 Å². The third-order valence-electron chi connectivity index (χ3n) is 4.00. The summed E-state index contributed by atoms with van der Waals surface area (Å²) in [4.78, 5) is 25.0. The highest BCUT2D eigenvalue weighted by Gasteiger charge is 2.33. The molecule has 1 aliphatic carbocycles. The predicted molar refractivity (Wildman–Crippen MR) is 75.4 cm³/mol. The van der Waals surface area contributed by atoms with Gasteiger partial charge in [-0.1, -0.05) is 6.42 Å². The number of urea groups is 1. The summed E-state index contributed by atoms with van der Waals surface area (Å²) in [6.07, 6.45) is 3.65. The highest BCUT2D eigenvalue weighted by molar-refractivity contribution is 7.99. The lowest BCUT2D eigenvalue weighted by molar-refractivity contribution is -0.142. The van der Waals surface area contributed by atoms with Crippen molar-refractivity contribution in [2.45, 2.75) is 25.7 Å². The summed E-state index contributed by atoms with van der Waals surface area (Å²) in [7, 11) is 0. The smallest absolute Gasteiger partial charge is 0.317 e. The van der Waals surface area contributed by atoms with Gasteiger partial charge < -0.3 is 15.3 Å². The van der Waals surface area contributed by atoms with Crippen molar-refractivity contribution in [3.05, 3.63) is 0 Å². The molecule has 2 rings (SSSR count). The summed E-state index contributed by atoms with van der Waals surface area (Å²) in [5, 5.41) is 12.0. The average molecular weight is 286 g/mol. The number of rotatable bonds is 3. The second-order valence-electron chi connectivity index (χ2n) is 5.27. The van der Waals surface area contributed by atoms with E-state index in [0.29, 0.717) is 6.54 Å². The van der Waals surface area contributed by atoms with Gasteiger partial charge >= 0.3 is 12.0 Å². The van der Waals surface area contributed by atoms with Crippen LogP contribution in [0, 0.1) is 11.8 Å². The molecule has 5 nitrogen and oxygen atoms in total. The van der Waals surface area contributed by atoms with E-state index < -0.39 is 5.97 Å². The minimum atomic E-state index is -0.720. The van der Waals surface area contributed by atoms with Gasteiger partial charge in [0, 0.05) is 25.4 Å². The zero-order valence-corrected chi connectivity index (χ0v) is 12.0. The predicted octanol–water partition coefficient (Wildman–Crippen LogP) is 1.64. The van der Waals surface area contributed by atoms with Crippen molar-refractivity contribution in [3.63, 3.8) is 0 Å². The molecule has 1 heterocycles. The van der Waals surface area contributed by atoms with E-state index in [1.165, 1.54) is 0 Å². The number of carboxylic acid groups (broad SMARTS) is 1. The third-order valence-corrected chi connectivity index (χ3v) is 5.05. The summed E-state index contributed by atoms with van der Waals surface area (Å²) >= 11 is 1.89. The molecule has 2 fully saturated rings. The molecule has 19 heavy (non-hydrogen) atoms. The van der Waals surface area contributed by atoms with E-state index in [2.05, 4.69) is 5.32 Å². The number of amides is 2. The molecule has 2 amide bonds. The van der Waals surface area contributed by atoms with Gasteiger partial charge in [-0.3, -0.25) is 4.79 Å². The van der Waals surface area contributed by atoms with E-state index in [1.54, 1.807) is 0 Å². The second-order valence-corrected chi connectivity index (χ2v) is 6.50. The second kappa shape index (κ2) is 7.03. The molecule has 2 aliphatic rings. The lowest BCUT2D eigenvalue weighted by atomic mass is 9.96. The Morgan fingerprint density at radius 1 is 1.21 bits per heavy atom. The number of hydrogen-bond donors (Lipinski definition) is 2. The SMILES string of the molecule is O=C(O)C1CCCC1CNC(=O)N1CCCSCC1. The largest absolute Gasteiger partial charge is 0.481 e. The number of aliphatic carboxylic acids is 1. The molecule has 0 aromatic carbocycles. The molecule has 0 aromatic rings. The number of carbonyl (C=O) groups is 2. The summed E-state index contributed by atoms with van der Waals surface area (Å²) in [6.45, 7) is 2.11.